The molecule has 0 radical (unpaired) electrons. The van der Waals surface area contributed by atoms with E-state index < -0.39 is 0 Å². The molecule has 7 aromatic rings. The highest BCUT2D eigenvalue weighted by molar-refractivity contribution is 5.94. The first-order valence-electron chi connectivity index (χ1n) is 28.2. The summed E-state index contributed by atoms with van der Waals surface area (Å²) in [5.41, 5.74) is 26.6. The van der Waals surface area contributed by atoms with Crippen molar-refractivity contribution in [2.75, 3.05) is 9.80 Å². The fraction of sp³-hybridized carbons (Fsp3) is 0.333. The third-order valence-electron chi connectivity index (χ3n) is 19.1. The van der Waals surface area contributed by atoms with E-state index in [1.807, 2.05) is 0 Å². The minimum Gasteiger partial charge on any atom is -0.461 e. The lowest BCUT2D eigenvalue weighted by Gasteiger charge is -2.41. The second-order valence-electron chi connectivity index (χ2n) is 23.5. The SMILES string of the molecule is CC1=C(C)C(C)CC(N(C2=CC3c4ccc#cc4C4C=CC=CC4CCC(N(C4=CC(C)=C(C)C(C)C4)c4cc(C)c(C)c(C)c4)c4c(oc5ccccc45)CC3c3c2oc2ccccc32)c2cc(C)c(C)c(C)c2)=C1. The Kier molecular flexibility index (Phi) is 12.7. The van der Waals surface area contributed by atoms with Gasteiger partial charge in [0.15, 0.2) is 5.76 Å². The average Bonchev–Trinajstić information content (AvgIpc) is 4.17. The average molecular weight is 999 g/mol. The van der Waals surface area contributed by atoms with Crippen LogP contribution in [0.4, 0.5) is 11.4 Å². The molecule has 7 atom stereocenters. The highest BCUT2D eigenvalue weighted by Crippen LogP contribution is 2.56. The molecule has 0 N–H and O–H groups in total. The third-order valence-corrected chi connectivity index (χ3v) is 19.1. The topological polar surface area (TPSA) is 32.8 Å². The molecule has 2 aromatic heterocycles. The van der Waals surface area contributed by atoms with Crippen molar-refractivity contribution >= 4 is 39.0 Å². The van der Waals surface area contributed by atoms with Crippen molar-refractivity contribution in [3.63, 3.8) is 0 Å². The van der Waals surface area contributed by atoms with Crippen LogP contribution >= 0.6 is 0 Å². The smallest absolute Gasteiger partial charge is 0.155 e. The second-order valence-corrected chi connectivity index (χ2v) is 23.5. The maximum Gasteiger partial charge on any atom is 0.155 e. The number of hydrogen-bond acceptors (Lipinski definition) is 4. The van der Waals surface area contributed by atoms with Gasteiger partial charge in [0, 0.05) is 74.4 Å². The summed E-state index contributed by atoms with van der Waals surface area (Å²) in [4.78, 5) is 5.34. The predicted molar refractivity (Wildman–Crippen MR) is 317 cm³/mol. The van der Waals surface area contributed by atoms with Crippen LogP contribution in [0.1, 0.15) is 158 Å². The number of fused-ring (bicyclic) bond motifs is 12. The van der Waals surface area contributed by atoms with Crippen molar-refractivity contribution < 1.29 is 8.83 Å². The Hall–Kier alpha value is -7.22. The zero-order valence-corrected chi connectivity index (χ0v) is 46.9. The van der Waals surface area contributed by atoms with Crippen LogP contribution in [0, 0.1) is 71.4 Å². The first-order valence-corrected chi connectivity index (χ1v) is 28.2. The van der Waals surface area contributed by atoms with Gasteiger partial charge in [-0.3, -0.25) is 0 Å². The Balaban J connectivity index is 1.16. The molecule has 384 valence electrons. The molecule has 2 heterocycles. The summed E-state index contributed by atoms with van der Waals surface area (Å²) in [6, 6.07) is 39.2. The van der Waals surface area contributed by atoms with Crippen molar-refractivity contribution in [3.8, 4) is 0 Å². The van der Waals surface area contributed by atoms with E-state index in [9.17, 15) is 0 Å². The number of aryl methyl sites for hydroxylation is 4. The highest BCUT2D eigenvalue weighted by atomic mass is 16.3. The lowest BCUT2D eigenvalue weighted by atomic mass is 9.69. The summed E-state index contributed by atoms with van der Waals surface area (Å²) in [6.07, 6.45) is 21.5. The Morgan fingerprint density at radius 2 is 1.16 bits per heavy atom. The monoisotopic (exact) mass is 999 g/mol. The Morgan fingerprint density at radius 1 is 0.579 bits per heavy atom. The van der Waals surface area contributed by atoms with E-state index in [0.29, 0.717) is 18.3 Å². The molecule has 0 saturated carbocycles. The van der Waals surface area contributed by atoms with Crippen molar-refractivity contribution in [1.82, 2.24) is 0 Å². The summed E-state index contributed by atoms with van der Waals surface area (Å²) in [5.74, 6) is 2.98. The van der Waals surface area contributed by atoms with Gasteiger partial charge < -0.3 is 18.6 Å². The van der Waals surface area contributed by atoms with Crippen LogP contribution in [0.25, 0.3) is 27.6 Å². The van der Waals surface area contributed by atoms with Crippen LogP contribution in [0.5, 0.6) is 0 Å². The van der Waals surface area contributed by atoms with E-state index in [1.54, 1.807) is 0 Å². The molecule has 4 nitrogen and oxygen atoms in total. The van der Waals surface area contributed by atoms with Gasteiger partial charge in [0.1, 0.15) is 16.9 Å². The lowest BCUT2D eigenvalue weighted by Crippen LogP contribution is -2.33. The quantitative estimate of drug-likeness (QED) is 0.166. The summed E-state index contributed by atoms with van der Waals surface area (Å²) in [7, 11) is 0. The number of rotatable bonds is 6. The number of hydrogen-bond donors (Lipinski definition) is 0. The number of benzene rings is 4. The molecular weight excluding hydrogens is 925 g/mol. The van der Waals surface area contributed by atoms with Crippen molar-refractivity contribution in [2.45, 2.75) is 139 Å². The third kappa shape index (κ3) is 8.37. The van der Waals surface area contributed by atoms with Gasteiger partial charge in [0.05, 0.1) is 11.7 Å². The van der Waals surface area contributed by atoms with E-state index in [-0.39, 0.29) is 29.7 Å². The molecule has 7 unspecified atom stereocenters. The van der Waals surface area contributed by atoms with Gasteiger partial charge in [-0.25, -0.2) is 0 Å². The first kappa shape index (κ1) is 49.6. The molecule has 0 spiro atoms. The number of para-hydroxylation sites is 2. The van der Waals surface area contributed by atoms with Crippen LogP contribution in [0.2, 0.25) is 0 Å². The van der Waals surface area contributed by atoms with Gasteiger partial charge in [-0.2, -0.15) is 0 Å². The zero-order chi connectivity index (χ0) is 52.8. The number of allylic oxidation sites excluding steroid dienone is 13. The van der Waals surface area contributed by atoms with Crippen molar-refractivity contribution in [1.29, 1.82) is 0 Å². The van der Waals surface area contributed by atoms with Crippen LogP contribution < -0.4 is 9.80 Å². The molecule has 0 saturated heterocycles. The van der Waals surface area contributed by atoms with Crippen molar-refractivity contribution in [2.24, 2.45) is 17.8 Å². The van der Waals surface area contributed by atoms with E-state index in [2.05, 4.69) is 232 Å². The molecule has 5 aliphatic carbocycles. The maximum atomic E-state index is 7.51. The molecule has 12 rings (SSSR count). The lowest BCUT2D eigenvalue weighted by molar-refractivity contribution is 0.436. The molecule has 5 aliphatic rings. The fourth-order valence-electron chi connectivity index (χ4n) is 13.9. The van der Waals surface area contributed by atoms with E-state index >= 15 is 0 Å². The van der Waals surface area contributed by atoms with Gasteiger partial charge in [-0.1, -0.05) is 109 Å². The van der Waals surface area contributed by atoms with E-state index in [4.69, 9.17) is 8.83 Å². The van der Waals surface area contributed by atoms with Gasteiger partial charge in [0.2, 0.25) is 0 Å². The highest BCUT2D eigenvalue weighted by Gasteiger charge is 2.43. The Bertz CT molecular complexity index is 3670. The Labute approximate surface area is 452 Å². The molecule has 0 bridgehead atoms. The van der Waals surface area contributed by atoms with Crippen LogP contribution in [-0.2, 0) is 6.42 Å². The van der Waals surface area contributed by atoms with E-state index in [0.717, 1.165) is 59.5 Å². The van der Waals surface area contributed by atoms with Gasteiger partial charge in [0.25, 0.3) is 0 Å². The molecule has 76 heavy (non-hydrogen) atoms. The van der Waals surface area contributed by atoms with Gasteiger partial charge in [-0.05, 0) is 218 Å². The number of furan rings is 2. The van der Waals surface area contributed by atoms with E-state index in [1.165, 1.54) is 106 Å². The standard InChI is InChI=1S/C72H74N2O2/c1-41-31-54(32-42(2)49(41)9)73(55-33-43(3)50(10)44(4)34-55)65-30-29-53-21-13-14-22-58(53)59-23-15-16-24-60(59)63-39-66(74(56-35-45(5)51(11)46(6)36-56)57-37-47(7)52(12)48(8)38-57)72-70(61-25-17-20-28-68(61)76-72)64(63)40-69-71(65)62-26-18-19-27-67(62)75-69/h13-14,16-22,24-28,31-33,35-37,39,44,48,53,58,63-65H,29-30,34,38,40H2,1-12H3. The molecule has 0 fully saturated rings. The Morgan fingerprint density at radius 3 is 1.82 bits per heavy atom. The van der Waals surface area contributed by atoms with Crippen LogP contribution in [-0.4, -0.2) is 0 Å². The number of nitrogens with zero attached hydrogens (tertiary/aromatic N) is 2. The first-order chi connectivity index (χ1) is 36.6. The predicted octanol–water partition coefficient (Wildman–Crippen LogP) is 19.3. The minimum absolute atomic E-state index is 0.0350. The minimum atomic E-state index is -0.0884. The fourth-order valence-corrected chi connectivity index (χ4v) is 13.9. The van der Waals surface area contributed by atoms with Crippen LogP contribution in [0.3, 0.4) is 0 Å². The largest absolute Gasteiger partial charge is 0.461 e. The molecule has 5 aromatic carbocycles. The van der Waals surface area contributed by atoms with Gasteiger partial charge >= 0.3 is 0 Å². The summed E-state index contributed by atoms with van der Waals surface area (Å²) in [6.45, 7) is 27.6. The van der Waals surface area contributed by atoms with Gasteiger partial charge in [-0.15, -0.1) is 0 Å². The molecule has 0 aliphatic heterocycles. The summed E-state index contributed by atoms with van der Waals surface area (Å²) < 4.78 is 14.9. The number of anilines is 2. The zero-order valence-electron chi connectivity index (χ0n) is 46.9. The maximum absolute atomic E-state index is 7.51. The summed E-state index contributed by atoms with van der Waals surface area (Å²) >= 11 is 0. The van der Waals surface area contributed by atoms with Crippen LogP contribution in [0.15, 0.2) is 170 Å². The second kappa shape index (κ2) is 19.4. The molecule has 0 amide bonds. The molecule has 4 heteroatoms. The normalized spacial score (nSPS) is 23.3. The molecular formula is C72H74N2O2. The van der Waals surface area contributed by atoms with Crippen molar-refractivity contribution in [3.05, 3.63) is 240 Å². The summed E-state index contributed by atoms with van der Waals surface area (Å²) in [5, 5.41) is 2.36.